The van der Waals surface area contributed by atoms with E-state index < -0.39 is 0 Å². The largest absolute Gasteiger partial charge is 3.00 e. The van der Waals surface area contributed by atoms with Gasteiger partial charge in [-0.2, -0.15) is 6.07 Å². The summed E-state index contributed by atoms with van der Waals surface area (Å²) in [5.41, 5.74) is 10.8. The van der Waals surface area contributed by atoms with E-state index in [0.29, 0.717) is 6.54 Å². The molecule has 22 heavy (non-hydrogen) atoms. The number of hydrogen-bond acceptors (Lipinski definition) is 1. The predicted octanol–water partition coefficient (Wildman–Crippen LogP) is -1.75. The minimum atomic E-state index is 0. The van der Waals surface area contributed by atoms with Crippen LogP contribution in [0.1, 0.15) is 18.1 Å². The summed E-state index contributed by atoms with van der Waals surface area (Å²) in [7, 11) is 0. The van der Waals surface area contributed by atoms with Crippen molar-refractivity contribution in [1.82, 2.24) is 0 Å². The van der Waals surface area contributed by atoms with Crippen LogP contribution in [0.5, 0.6) is 0 Å². The summed E-state index contributed by atoms with van der Waals surface area (Å²) in [6.45, 7) is 2.80. The third-order valence-electron chi connectivity index (χ3n) is 3.72. The van der Waals surface area contributed by atoms with Crippen molar-refractivity contribution in [2.45, 2.75) is 19.9 Å². The van der Waals surface area contributed by atoms with E-state index in [2.05, 4.69) is 61.5 Å². The molecule has 0 bridgehead atoms. The van der Waals surface area contributed by atoms with Gasteiger partial charge in [-0.3, -0.25) is 0 Å². The fourth-order valence-electron chi connectivity index (χ4n) is 2.57. The zero-order valence-corrected chi connectivity index (χ0v) is 16.4. The van der Waals surface area contributed by atoms with Crippen LogP contribution < -0.4 is 30.5 Å². The molecule has 3 aromatic carbocycles. The molecule has 3 aromatic rings. The molecule has 3 rings (SSSR count). The van der Waals surface area contributed by atoms with Crippen molar-refractivity contribution < 1.29 is 51.0 Å². The summed E-state index contributed by atoms with van der Waals surface area (Å²) >= 11 is 0. The van der Waals surface area contributed by atoms with Crippen molar-refractivity contribution in [1.29, 1.82) is 0 Å². The second-order valence-corrected chi connectivity index (χ2v) is 4.93. The molecule has 113 valence electrons. The van der Waals surface area contributed by atoms with Gasteiger partial charge in [0.15, 0.2) is 0 Å². The zero-order valence-electron chi connectivity index (χ0n) is 12.4. The average molecular weight is 410 g/mol. The van der Waals surface area contributed by atoms with Crippen molar-refractivity contribution in [3.05, 3.63) is 65.7 Å². The molecular weight excluding hydrogens is 392 g/mol. The number of aryl methyl sites for hydroxylation is 1. The van der Waals surface area contributed by atoms with E-state index in [1.54, 1.807) is 0 Å². The molecule has 0 saturated heterocycles. The summed E-state index contributed by atoms with van der Waals surface area (Å²) in [4.78, 5) is 0. The maximum atomic E-state index is 5.65. The van der Waals surface area contributed by atoms with Crippen LogP contribution in [0.3, 0.4) is 0 Å². The Morgan fingerprint density at radius 1 is 1.00 bits per heavy atom. The first kappa shape index (κ1) is 21.5. The van der Waals surface area contributed by atoms with Crippen molar-refractivity contribution >= 4 is 10.8 Å². The minimum Gasteiger partial charge on any atom is -1.00 e. The van der Waals surface area contributed by atoms with E-state index in [9.17, 15) is 0 Å². The van der Waals surface area contributed by atoms with Gasteiger partial charge in [0, 0.05) is 6.54 Å². The number of rotatable bonds is 3. The van der Waals surface area contributed by atoms with Crippen LogP contribution in [0.4, 0.5) is 0 Å². The van der Waals surface area contributed by atoms with E-state index in [-0.39, 0.29) is 51.0 Å². The second-order valence-electron chi connectivity index (χ2n) is 4.93. The Hall–Kier alpha value is -0.527. The van der Waals surface area contributed by atoms with Crippen LogP contribution >= 0.6 is 0 Å². The normalized spacial score (nSPS) is 9.55. The van der Waals surface area contributed by atoms with E-state index in [0.717, 1.165) is 6.42 Å². The van der Waals surface area contributed by atoms with Gasteiger partial charge >= 0.3 is 26.2 Å². The quantitative estimate of drug-likeness (QED) is 0.510. The summed E-state index contributed by atoms with van der Waals surface area (Å²) in [5, 5.41) is 2.68. The molecule has 0 aliphatic rings. The van der Waals surface area contributed by atoms with Crippen LogP contribution in [0.25, 0.3) is 21.9 Å². The molecule has 0 amide bonds. The van der Waals surface area contributed by atoms with Gasteiger partial charge in [0.05, 0.1) is 0 Å². The molecule has 0 saturated carbocycles. The summed E-state index contributed by atoms with van der Waals surface area (Å²) in [6.07, 6.45) is 1.08. The maximum Gasteiger partial charge on any atom is 3.00 e. The smallest absolute Gasteiger partial charge is 1.00 e. The monoisotopic (exact) mass is 408 g/mol. The Bertz CT molecular complexity index is 705. The Morgan fingerprint density at radius 3 is 2.27 bits per heavy atom. The van der Waals surface area contributed by atoms with Crippen molar-refractivity contribution in [3.63, 3.8) is 0 Å². The third kappa shape index (κ3) is 4.26. The number of fused-ring (bicyclic) bond motifs is 1. The molecule has 1 nitrogen and oxygen atoms in total. The van der Waals surface area contributed by atoms with Gasteiger partial charge in [0.25, 0.3) is 0 Å². The average Bonchev–Trinajstić information content (AvgIpc) is 2.90. The van der Waals surface area contributed by atoms with Gasteiger partial charge < -0.3 is 30.5 Å². The first-order valence-corrected chi connectivity index (χ1v) is 6.79. The predicted molar refractivity (Wildman–Crippen MR) is 82.2 cm³/mol. The number of nitrogens with two attached hydrogens (primary N) is 1. The van der Waals surface area contributed by atoms with Gasteiger partial charge in [0.1, 0.15) is 0 Å². The van der Waals surface area contributed by atoms with Gasteiger partial charge in [-0.1, -0.05) is 42.8 Å². The molecule has 0 aliphatic heterocycles. The van der Waals surface area contributed by atoms with E-state index in [4.69, 9.17) is 5.73 Å². The van der Waals surface area contributed by atoms with E-state index in [1.807, 2.05) is 0 Å². The Morgan fingerprint density at radius 2 is 1.68 bits per heavy atom. The van der Waals surface area contributed by atoms with Gasteiger partial charge in [-0.15, -0.1) is 34.5 Å². The fourth-order valence-corrected chi connectivity index (χ4v) is 2.57. The molecular formula is C18H18Cl2NZr. The minimum absolute atomic E-state index is 0. The number of halogens is 2. The van der Waals surface area contributed by atoms with Crippen LogP contribution in [0, 0.1) is 0 Å². The summed E-state index contributed by atoms with van der Waals surface area (Å²) in [6, 6.07) is 19.6. The van der Waals surface area contributed by atoms with E-state index >= 15 is 0 Å². The zero-order chi connectivity index (χ0) is 13.2. The Kier molecular flexibility index (Phi) is 9.35. The van der Waals surface area contributed by atoms with Crippen molar-refractivity contribution in [2.75, 3.05) is 0 Å². The molecule has 0 aliphatic carbocycles. The molecule has 0 heterocycles. The van der Waals surface area contributed by atoms with Crippen LogP contribution in [-0.4, -0.2) is 0 Å². The van der Waals surface area contributed by atoms with E-state index in [1.165, 1.54) is 33.0 Å². The van der Waals surface area contributed by atoms with Crippen molar-refractivity contribution in [3.8, 4) is 11.1 Å². The topological polar surface area (TPSA) is 26.0 Å². The molecule has 2 N–H and O–H groups in total. The van der Waals surface area contributed by atoms with Gasteiger partial charge in [0.2, 0.25) is 0 Å². The maximum absolute atomic E-state index is 5.65. The third-order valence-corrected chi connectivity index (χ3v) is 3.72. The standard InChI is InChI=1S/C18H18N.2ClH.Zr/c1-2-13-10-16-4-3-5-17(18(16)11-13)15-8-6-14(12-19)7-9-15;;;/h3-11H,2,12,19H2,1H3;2*1H;/q-1;;;+3/p-2. The molecule has 1 radical (unpaired) electrons. The molecule has 0 spiro atoms. The first-order valence-electron chi connectivity index (χ1n) is 6.79. The molecule has 0 aromatic heterocycles. The number of benzene rings is 2. The van der Waals surface area contributed by atoms with Gasteiger partial charge in [-0.05, 0) is 17.5 Å². The molecule has 0 atom stereocenters. The van der Waals surface area contributed by atoms with Crippen LogP contribution in [0.15, 0.2) is 54.6 Å². The summed E-state index contributed by atoms with van der Waals surface area (Å²) in [5.74, 6) is 0. The SMILES string of the molecule is CCc1cc2c(-c3ccc(CN)cc3)cccc2[cH-]1.[Cl-].[Cl-].[Zr+3]. The Labute approximate surface area is 163 Å². The first-order chi connectivity index (χ1) is 9.31. The number of hydrogen-bond donors (Lipinski definition) is 1. The van der Waals surface area contributed by atoms with Crippen LogP contribution in [-0.2, 0) is 39.2 Å². The molecule has 4 heteroatoms. The second kappa shape index (κ2) is 9.58. The van der Waals surface area contributed by atoms with Gasteiger partial charge in [-0.25, -0.2) is 0 Å². The van der Waals surface area contributed by atoms with Crippen molar-refractivity contribution in [2.24, 2.45) is 5.73 Å². The summed E-state index contributed by atoms with van der Waals surface area (Å²) < 4.78 is 0. The molecule has 0 unspecified atom stereocenters. The fraction of sp³-hybridized carbons (Fsp3) is 0.167. The Balaban J connectivity index is 0.00000147. The molecule has 0 fully saturated rings. The van der Waals surface area contributed by atoms with Crippen LogP contribution in [0.2, 0.25) is 0 Å².